The first-order valence-electron chi connectivity index (χ1n) is 9.37. The summed E-state index contributed by atoms with van der Waals surface area (Å²) in [5.74, 6) is 0.815. The van der Waals surface area contributed by atoms with E-state index in [1.165, 1.54) is 12.0 Å². The topological polar surface area (TPSA) is 82.5 Å². The predicted octanol–water partition coefficient (Wildman–Crippen LogP) is 1.66. The molecule has 4 aromatic heterocycles. The van der Waals surface area contributed by atoms with Crippen LogP contribution in [0, 0.1) is 6.92 Å². The van der Waals surface area contributed by atoms with Crippen molar-refractivity contribution in [3.8, 4) is 0 Å². The molecule has 28 heavy (non-hydrogen) atoms. The Balaban J connectivity index is 1.71. The second-order valence-corrected chi connectivity index (χ2v) is 7.65. The monoisotopic (exact) mass is 399 g/mol. The first kappa shape index (κ1) is 17.7. The van der Waals surface area contributed by atoms with Crippen LogP contribution >= 0.6 is 12.0 Å². The van der Waals surface area contributed by atoms with Crippen molar-refractivity contribution in [1.82, 2.24) is 33.8 Å². The van der Waals surface area contributed by atoms with Crippen LogP contribution in [0.4, 0.5) is 0 Å². The minimum absolute atomic E-state index is 0.0399. The zero-order valence-electron chi connectivity index (χ0n) is 15.8. The van der Waals surface area contributed by atoms with Gasteiger partial charge in [-0.2, -0.15) is 10.2 Å². The van der Waals surface area contributed by atoms with Crippen molar-refractivity contribution in [3.05, 3.63) is 34.5 Å². The van der Waals surface area contributed by atoms with Crippen LogP contribution in [0.2, 0.25) is 0 Å². The van der Waals surface area contributed by atoms with Gasteiger partial charge in [0.25, 0.3) is 5.56 Å². The van der Waals surface area contributed by atoms with E-state index in [1.54, 1.807) is 17.0 Å². The average molecular weight is 399 g/mol. The summed E-state index contributed by atoms with van der Waals surface area (Å²) < 4.78 is 10.8. The van der Waals surface area contributed by atoms with Gasteiger partial charge in [0.2, 0.25) is 0 Å². The Labute approximate surface area is 165 Å². The molecule has 0 saturated carbocycles. The van der Waals surface area contributed by atoms with Gasteiger partial charge < -0.3 is 4.18 Å². The molecule has 10 heteroatoms. The molecule has 0 N–H and O–H groups in total. The summed E-state index contributed by atoms with van der Waals surface area (Å²) in [7, 11) is 0. The lowest BCUT2D eigenvalue weighted by Gasteiger charge is -2.25. The SMILES string of the molecule is CCn1ncc2c1ncc1c(=O)n(CCN3CCOSC3)c3cc(C)nn3c12. The van der Waals surface area contributed by atoms with Crippen LogP contribution in [0.1, 0.15) is 12.6 Å². The summed E-state index contributed by atoms with van der Waals surface area (Å²) in [4.78, 5) is 20.2. The molecular weight excluding hydrogens is 378 g/mol. The Hall–Kier alpha value is -2.43. The van der Waals surface area contributed by atoms with Crippen LogP contribution in [0.25, 0.3) is 27.6 Å². The molecule has 1 saturated heterocycles. The molecular formula is C18H21N7O2S. The minimum Gasteiger partial charge on any atom is -0.313 e. The van der Waals surface area contributed by atoms with Crippen molar-refractivity contribution in [1.29, 1.82) is 0 Å². The van der Waals surface area contributed by atoms with Crippen LogP contribution in [0.3, 0.4) is 0 Å². The van der Waals surface area contributed by atoms with Crippen LogP contribution < -0.4 is 5.56 Å². The van der Waals surface area contributed by atoms with E-state index in [4.69, 9.17) is 4.18 Å². The van der Waals surface area contributed by atoms with Gasteiger partial charge in [0.05, 0.1) is 40.7 Å². The van der Waals surface area contributed by atoms with Crippen LogP contribution in [0.15, 0.2) is 23.3 Å². The van der Waals surface area contributed by atoms with Gasteiger partial charge in [-0.15, -0.1) is 0 Å². The Morgan fingerprint density at radius 3 is 2.93 bits per heavy atom. The molecule has 0 aliphatic carbocycles. The van der Waals surface area contributed by atoms with Gasteiger partial charge in [0.15, 0.2) is 5.65 Å². The number of rotatable bonds is 4. The molecule has 0 amide bonds. The van der Waals surface area contributed by atoms with Gasteiger partial charge in [0, 0.05) is 50.5 Å². The van der Waals surface area contributed by atoms with E-state index in [1.807, 2.05) is 29.1 Å². The Kier molecular flexibility index (Phi) is 4.33. The molecule has 5 heterocycles. The zero-order chi connectivity index (χ0) is 19.3. The number of aryl methyl sites for hydroxylation is 2. The number of hydrogen-bond donors (Lipinski definition) is 0. The molecule has 5 rings (SSSR count). The van der Waals surface area contributed by atoms with Crippen molar-refractivity contribution < 1.29 is 4.18 Å². The third kappa shape index (κ3) is 2.71. The Bertz CT molecular complexity index is 1240. The van der Waals surface area contributed by atoms with Crippen molar-refractivity contribution >= 4 is 39.6 Å². The summed E-state index contributed by atoms with van der Waals surface area (Å²) in [5, 5.41) is 10.5. The quantitative estimate of drug-likeness (QED) is 0.483. The van der Waals surface area contributed by atoms with Gasteiger partial charge in [-0.1, -0.05) is 0 Å². The van der Waals surface area contributed by atoms with Crippen molar-refractivity contribution in [3.63, 3.8) is 0 Å². The third-order valence-electron chi connectivity index (χ3n) is 5.16. The first-order valence-corrected chi connectivity index (χ1v) is 10.3. The molecule has 146 valence electrons. The predicted molar refractivity (Wildman–Crippen MR) is 108 cm³/mol. The van der Waals surface area contributed by atoms with E-state index in [2.05, 4.69) is 20.1 Å². The summed E-state index contributed by atoms with van der Waals surface area (Å²) >= 11 is 1.46. The molecule has 1 aliphatic heterocycles. The minimum atomic E-state index is -0.0399. The second kappa shape index (κ2) is 6.87. The summed E-state index contributed by atoms with van der Waals surface area (Å²) in [5.41, 5.74) is 3.17. The number of hydrogen-bond acceptors (Lipinski definition) is 7. The van der Waals surface area contributed by atoms with E-state index in [0.717, 1.165) is 53.4 Å². The molecule has 0 atom stereocenters. The van der Waals surface area contributed by atoms with Crippen LogP contribution in [-0.4, -0.2) is 59.4 Å². The highest BCUT2D eigenvalue weighted by atomic mass is 32.2. The van der Waals surface area contributed by atoms with E-state index in [9.17, 15) is 4.79 Å². The fraction of sp³-hybridized carbons (Fsp3) is 0.444. The molecule has 1 fully saturated rings. The maximum absolute atomic E-state index is 13.4. The standard InChI is InChI=1S/C18H21N7O2S/c1-3-24-17-13(10-20-24)16-14(9-19-17)18(26)23(15-8-12(2)21-25(15)16)5-4-22-6-7-27-28-11-22/h8-10H,3-7,11H2,1-2H3. The number of nitrogens with zero attached hydrogens (tertiary/aromatic N) is 7. The second-order valence-electron chi connectivity index (χ2n) is 6.92. The van der Waals surface area contributed by atoms with Gasteiger partial charge in [0.1, 0.15) is 5.65 Å². The summed E-state index contributed by atoms with van der Waals surface area (Å²) in [6.45, 7) is 7.65. The van der Waals surface area contributed by atoms with E-state index < -0.39 is 0 Å². The van der Waals surface area contributed by atoms with Gasteiger partial charge >= 0.3 is 0 Å². The highest BCUT2D eigenvalue weighted by Crippen LogP contribution is 2.23. The highest BCUT2D eigenvalue weighted by Gasteiger charge is 2.19. The molecule has 0 spiro atoms. The molecule has 0 radical (unpaired) electrons. The van der Waals surface area contributed by atoms with E-state index in [-0.39, 0.29) is 5.56 Å². The summed E-state index contributed by atoms with van der Waals surface area (Å²) in [6, 6.07) is 1.96. The third-order valence-corrected chi connectivity index (χ3v) is 5.97. The fourth-order valence-corrected chi connectivity index (χ4v) is 4.43. The molecule has 0 unspecified atom stereocenters. The van der Waals surface area contributed by atoms with Gasteiger partial charge in [-0.3, -0.25) is 14.3 Å². The maximum atomic E-state index is 13.4. The highest BCUT2D eigenvalue weighted by molar-refractivity contribution is 7.94. The maximum Gasteiger partial charge on any atom is 0.263 e. The van der Waals surface area contributed by atoms with Crippen molar-refractivity contribution in [2.45, 2.75) is 26.9 Å². The zero-order valence-corrected chi connectivity index (χ0v) is 16.6. The largest absolute Gasteiger partial charge is 0.313 e. The fourth-order valence-electron chi connectivity index (χ4n) is 3.76. The number of aromatic nitrogens is 6. The van der Waals surface area contributed by atoms with Crippen molar-refractivity contribution in [2.24, 2.45) is 0 Å². The molecule has 4 aromatic rings. The molecule has 0 aromatic carbocycles. The molecule has 9 nitrogen and oxygen atoms in total. The number of fused-ring (bicyclic) bond motifs is 5. The average Bonchev–Trinajstić information content (AvgIpc) is 3.31. The normalized spacial score (nSPS) is 15.9. The lowest BCUT2D eigenvalue weighted by atomic mass is 10.2. The first-order chi connectivity index (χ1) is 13.7. The lowest BCUT2D eigenvalue weighted by Crippen LogP contribution is -2.35. The van der Waals surface area contributed by atoms with E-state index >= 15 is 0 Å². The van der Waals surface area contributed by atoms with Gasteiger partial charge in [-0.25, -0.2) is 14.2 Å². The van der Waals surface area contributed by atoms with Gasteiger partial charge in [-0.05, 0) is 13.8 Å². The smallest absolute Gasteiger partial charge is 0.263 e. The lowest BCUT2D eigenvalue weighted by molar-refractivity contribution is 0.216. The van der Waals surface area contributed by atoms with Crippen LogP contribution in [0.5, 0.6) is 0 Å². The molecule has 1 aliphatic rings. The van der Waals surface area contributed by atoms with Crippen molar-refractivity contribution in [2.75, 3.05) is 25.6 Å². The van der Waals surface area contributed by atoms with E-state index in [0.29, 0.717) is 18.5 Å². The Morgan fingerprint density at radius 1 is 1.25 bits per heavy atom. The molecule has 0 bridgehead atoms. The van der Waals surface area contributed by atoms with Crippen LogP contribution in [-0.2, 0) is 17.3 Å². The number of pyridine rings is 1. The Morgan fingerprint density at radius 2 is 2.14 bits per heavy atom. The summed E-state index contributed by atoms with van der Waals surface area (Å²) in [6.07, 6.45) is 3.44.